The first-order valence-electron chi connectivity index (χ1n) is 7.62. The van der Waals surface area contributed by atoms with Gasteiger partial charge in [0.1, 0.15) is 0 Å². The Hall–Kier alpha value is -0.357. The third kappa shape index (κ3) is 10.9. The van der Waals surface area contributed by atoms with Gasteiger partial charge >= 0.3 is 37.9 Å². The topological polar surface area (TPSA) is 0 Å². The van der Waals surface area contributed by atoms with Gasteiger partial charge in [-0.25, -0.2) is 6.07 Å². The molecule has 0 saturated carbocycles. The molecular formula is C20H25Cl2Zr-3. The smallest absolute Gasteiger partial charge is 0.0809 e. The number of hydrogen-bond acceptors (Lipinski definition) is 0. The fraction of sp³-hybridized carbons (Fsp3) is 0.250. The van der Waals surface area contributed by atoms with Crippen LogP contribution in [0.25, 0.3) is 10.8 Å². The molecule has 0 fully saturated rings. The summed E-state index contributed by atoms with van der Waals surface area (Å²) in [5, 5.41) is 2.66. The Morgan fingerprint density at radius 1 is 1.00 bits per heavy atom. The summed E-state index contributed by atoms with van der Waals surface area (Å²) in [6.07, 6.45) is 2.00. The van der Waals surface area contributed by atoms with E-state index in [4.69, 9.17) is 17.0 Å². The van der Waals surface area contributed by atoms with Crippen molar-refractivity contribution in [3.05, 3.63) is 78.7 Å². The zero-order chi connectivity index (χ0) is 17.5. The summed E-state index contributed by atoms with van der Waals surface area (Å²) in [6, 6.07) is 23.1. The van der Waals surface area contributed by atoms with Crippen LogP contribution < -0.4 is 0 Å². The minimum atomic E-state index is -0.826. The van der Waals surface area contributed by atoms with Crippen LogP contribution in [-0.2, 0) is 20.8 Å². The summed E-state index contributed by atoms with van der Waals surface area (Å²) in [7, 11) is 9.87. The van der Waals surface area contributed by atoms with Crippen LogP contribution in [0.2, 0.25) is 0 Å². The van der Waals surface area contributed by atoms with E-state index >= 15 is 0 Å². The zero-order valence-electron chi connectivity index (χ0n) is 14.3. The van der Waals surface area contributed by atoms with E-state index in [0.717, 1.165) is 0 Å². The average molecular weight is 428 g/mol. The summed E-state index contributed by atoms with van der Waals surface area (Å²) in [4.78, 5) is 0. The van der Waals surface area contributed by atoms with Crippen molar-refractivity contribution in [3.63, 3.8) is 0 Å². The van der Waals surface area contributed by atoms with Crippen molar-refractivity contribution in [2.75, 3.05) is 0 Å². The molecule has 23 heavy (non-hydrogen) atoms. The van der Waals surface area contributed by atoms with Crippen molar-refractivity contribution in [3.8, 4) is 0 Å². The molecule has 0 amide bonds. The van der Waals surface area contributed by atoms with Gasteiger partial charge < -0.3 is 6.42 Å². The van der Waals surface area contributed by atoms with Crippen LogP contribution in [0.3, 0.4) is 0 Å². The minimum absolute atomic E-state index is 0.685. The third-order valence-electron chi connectivity index (χ3n) is 2.90. The van der Waals surface area contributed by atoms with Gasteiger partial charge in [-0.1, -0.05) is 25.8 Å². The quantitative estimate of drug-likeness (QED) is 0.349. The van der Waals surface area contributed by atoms with E-state index in [2.05, 4.69) is 80.6 Å². The van der Waals surface area contributed by atoms with Crippen LogP contribution in [0.15, 0.2) is 66.7 Å². The molecule has 0 heterocycles. The van der Waals surface area contributed by atoms with Crippen molar-refractivity contribution in [2.45, 2.75) is 33.6 Å². The van der Waals surface area contributed by atoms with Crippen molar-refractivity contribution in [1.29, 1.82) is 0 Å². The largest absolute Gasteiger partial charge is 0.168 e. The third-order valence-corrected chi connectivity index (χ3v) is 2.90. The van der Waals surface area contributed by atoms with Gasteiger partial charge in [-0.05, 0) is 0 Å². The Labute approximate surface area is 160 Å². The zero-order valence-corrected chi connectivity index (χ0v) is 18.2. The maximum Gasteiger partial charge on any atom is -0.0809 e. The van der Waals surface area contributed by atoms with Crippen molar-refractivity contribution in [2.24, 2.45) is 0 Å². The molecule has 3 rings (SSSR count). The van der Waals surface area contributed by atoms with Gasteiger partial charge in [-0.3, -0.25) is 0 Å². The summed E-state index contributed by atoms with van der Waals surface area (Å²) in [5.41, 5.74) is 1.44. The van der Waals surface area contributed by atoms with Gasteiger partial charge in [0.2, 0.25) is 0 Å². The first-order valence-corrected chi connectivity index (χ1v) is 14.0. The van der Waals surface area contributed by atoms with Gasteiger partial charge in [0.15, 0.2) is 0 Å². The van der Waals surface area contributed by atoms with E-state index in [9.17, 15) is 0 Å². The minimum Gasteiger partial charge on any atom is -0.168 e. The van der Waals surface area contributed by atoms with Gasteiger partial charge in [0.05, 0.1) is 0 Å². The molecule has 0 aromatic heterocycles. The monoisotopic (exact) mass is 425 g/mol. The van der Waals surface area contributed by atoms with Gasteiger partial charge in [0, 0.05) is 0 Å². The molecule has 0 N–H and O–H groups in total. The molecule has 3 aromatic carbocycles. The molecule has 0 aliphatic rings. The maximum absolute atomic E-state index is 4.93. The first kappa shape index (κ1) is 22.6. The Kier molecular flexibility index (Phi) is 15.0. The summed E-state index contributed by atoms with van der Waals surface area (Å²) in [5.74, 6) is 0.685. The Balaban J connectivity index is 0.000000318. The van der Waals surface area contributed by atoms with E-state index in [1.165, 1.54) is 16.3 Å². The van der Waals surface area contributed by atoms with Gasteiger partial charge in [-0.15, -0.1) is 29.7 Å². The molecular weight excluding hydrogens is 402 g/mol. The molecule has 3 aromatic rings. The Morgan fingerprint density at radius 3 is 2.04 bits per heavy atom. The fourth-order valence-corrected chi connectivity index (χ4v) is 1.84. The molecule has 126 valence electrons. The Bertz CT molecular complexity index is 550. The molecule has 0 saturated heterocycles. The van der Waals surface area contributed by atoms with Crippen LogP contribution in [0.5, 0.6) is 0 Å². The standard InChI is InChI=1S/C9H7.C8H11.C3H7.2ClH.Zr/c1-2-5-9-7-3-6-8(9)4-1;1-7(2)8-5-3-4-6-8;1-3-2;;;/h1-7H;3-7H,1-2H3;3H,1-2H3;2*1H;/q3*-1;;;+2/p-2. The molecule has 0 aliphatic heterocycles. The summed E-state index contributed by atoms with van der Waals surface area (Å²) < 4.78 is 0. The number of rotatable bonds is 1. The van der Waals surface area contributed by atoms with Gasteiger partial charge in [-0.2, -0.15) is 55.1 Å². The average Bonchev–Trinajstić information content (AvgIpc) is 3.21. The molecule has 0 radical (unpaired) electrons. The molecule has 0 aliphatic carbocycles. The van der Waals surface area contributed by atoms with E-state index < -0.39 is 20.8 Å². The maximum atomic E-state index is 4.93. The van der Waals surface area contributed by atoms with Gasteiger partial charge in [0.25, 0.3) is 0 Å². The second kappa shape index (κ2) is 15.2. The van der Waals surface area contributed by atoms with Crippen LogP contribution in [0.1, 0.15) is 39.2 Å². The van der Waals surface area contributed by atoms with Crippen LogP contribution in [-0.4, -0.2) is 0 Å². The van der Waals surface area contributed by atoms with E-state index in [1.807, 2.05) is 20.3 Å². The molecule has 0 bridgehead atoms. The predicted octanol–water partition coefficient (Wildman–Crippen LogP) is 7.69. The van der Waals surface area contributed by atoms with Crippen molar-refractivity contribution >= 4 is 27.8 Å². The SMILES string of the molecule is CC(C)c1cc[cH-]c1.C[CH-]C.[Cl][Zr][Cl].c1ccc2[cH-]ccc2c1. The molecule has 3 heteroatoms. The van der Waals surface area contributed by atoms with Crippen LogP contribution in [0.4, 0.5) is 0 Å². The second-order valence-electron chi connectivity index (χ2n) is 5.18. The number of halogens is 2. The predicted molar refractivity (Wildman–Crippen MR) is 103 cm³/mol. The molecule has 0 atom stereocenters. The van der Waals surface area contributed by atoms with E-state index in [1.54, 1.807) is 0 Å². The molecule has 0 spiro atoms. The van der Waals surface area contributed by atoms with E-state index in [0.29, 0.717) is 5.92 Å². The number of fused-ring (bicyclic) bond motifs is 1. The number of benzene rings is 1. The first-order chi connectivity index (χ1) is 11.1. The normalized spacial score (nSPS) is 9.00. The van der Waals surface area contributed by atoms with Crippen molar-refractivity contribution < 1.29 is 20.8 Å². The van der Waals surface area contributed by atoms with Crippen molar-refractivity contribution in [1.82, 2.24) is 0 Å². The summed E-state index contributed by atoms with van der Waals surface area (Å²) in [6.45, 7) is 8.41. The number of hydrogen-bond donors (Lipinski definition) is 0. The van der Waals surface area contributed by atoms with Crippen LogP contribution in [0, 0.1) is 6.42 Å². The Morgan fingerprint density at radius 2 is 1.61 bits per heavy atom. The molecule has 0 unspecified atom stereocenters. The fourth-order valence-electron chi connectivity index (χ4n) is 1.84. The second-order valence-corrected chi connectivity index (χ2v) is 8.91. The summed E-state index contributed by atoms with van der Waals surface area (Å²) >= 11 is -0.826. The van der Waals surface area contributed by atoms with E-state index in [-0.39, 0.29) is 0 Å². The molecule has 0 nitrogen and oxygen atoms in total. The van der Waals surface area contributed by atoms with Crippen LogP contribution >= 0.6 is 17.0 Å².